The Kier molecular flexibility index (Phi) is 17.0. The number of unbranched alkanes of at least 4 members (excludes halogenated alkanes) is 13. The Morgan fingerprint density at radius 3 is 1.48 bits per heavy atom. The van der Waals surface area contributed by atoms with Gasteiger partial charge in [0.25, 0.3) is 0 Å². The molecule has 4 heteroatoms. The molecule has 0 radical (unpaired) electrons. The molecule has 0 aliphatic heterocycles. The number of carboxylic acid groups (broad SMARTS) is 1. The van der Waals surface area contributed by atoms with Crippen LogP contribution in [0.3, 0.4) is 0 Å². The summed E-state index contributed by atoms with van der Waals surface area (Å²) in [5, 5.41) is 9.04. The standard InChI is InChI=1S/C21H40O4/c1-3-5-6-7-8-9-10-11-12-13-14-15-16-17-18-19(21(23)24)25-20(22)4-2/h19H,3-18H2,1-2H3,(H,23,24). The predicted molar refractivity (Wildman–Crippen MR) is 103 cm³/mol. The molecule has 0 aromatic rings. The van der Waals surface area contributed by atoms with Gasteiger partial charge >= 0.3 is 11.9 Å². The zero-order valence-corrected chi connectivity index (χ0v) is 16.6. The van der Waals surface area contributed by atoms with Gasteiger partial charge in [0.05, 0.1) is 0 Å². The number of carbonyl (C=O) groups excluding carboxylic acids is 1. The number of esters is 1. The van der Waals surface area contributed by atoms with Crippen molar-refractivity contribution >= 4 is 11.9 Å². The summed E-state index contributed by atoms with van der Waals surface area (Å²) in [6, 6.07) is 0. The van der Waals surface area contributed by atoms with Crippen LogP contribution < -0.4 is 0 Å². The fraction of sp³-hybridized carbons (Fsp3) is 0.905. The number of ether oxygens (including phenoxy) is 1. The van der Waals surface area contributed by atoms with Crippen molar-refractivity contribution < 1.29 is 19.4 Å². The first kappa shape index (κ1) is 23.9. The first-order valence-corrected chi connectivity index (χ1v) is 10.5. The van der Waals surface area contributed by atoms with Crippen molar-refractivity contribution in [3.05, 3.63) is 0 Å². The van der Waals surface area contributed by atoms with Crippen LogP contribution in [0.15, 0.2) is 0 Å². The third-order valence-electron chi connectivity index (χ3n) is 4.66. The molecule has 0 saturated heterocycles. The van der Waals surface area contributed by atoms with Crippen LogP contribution >= 0.6 is 0 Å². The minimum Gasteiger partial charge on any atom is -0.479 e. The molecule has 148 valence electrons. The van der Waals surface area contributed by atoms with Gasteiger partial charge in [-0.2, -0.15) is 0 Å². The van der Waals surface area contributed by atoms with Crippen LogP contribution in [-0.2, 0) is 14.3 Å². The average Bonchev–Trinajstić information content (AvgIpc) is 2.60. The highest BCUT2D eigenvalue weighted by atomic mass is 16.6. The van der Waals surface area contributed by atoms with E-state index in [1.165, 1.54) is 70.6 Å². The van der Waals surface area contributed by atoms with Crippen molar-refractivity contribution in [3.63, 3.8) is 0 Å². The van der Waals surface area contributed by atoms with Crippen LogP contribution in [0.2, 0.25) is 0 Å². The van der Waals surface area contributed by atoms with Crippen molar-refractivity contribution in [1.29, 1.82) is 0 Å². The first-order valence-electron chi connectivity index (χ1n) is 10.5. The molecule has 0 rings (SSSR count). The number of carboxylic acids is 1. The fourth-order valence-corrected chi connectivity index (χ4v) is 3.00. The van der Waals surface area contributed by atoms with Gasteiger partial charge in [-0.05, 0) is 12.8 Å². The molecule has 0 bridgehead atoms. The number of carbonyl (C=O) groups is 2. The number of hydrogen-bond donors (Lipinski definition) is 1. The van der Waals surface area contributed by atoms with E-state index in [9.17, 15) is 9.59 Å². The largest absolute Gasteiger partial charge is 0.479 e. The Bertz CT molecular complexity index is 328. The van der Waals surface area contributed by atoms with E-state index in [2.05, 4.69) is 6.92 Å². The van der Waals surface area contributed by atoms with E-state index in [4.69, 9.17) is 9.84 Å². The Hall–Kier alpha value is -1.06. The summed E-state index contributed by atoms with van der Waals surface area (Å²) in [7, 11) is 0. The van der Waals surface area contributed by atoms with E-state index >= 15 is 0 Å². The lowest BCUT2D eigenvalue weighted by Crippen LogP contribution is -2.26. The highest BCUT2D eigenvalue weighted by Crippen LogP contribution is 2.14. The van der Waals surface area contributed by atoms with E-state index in [0.29, 0.717) is 6.42 Å². The summed E-state index contributed by atoms with van der Waals surface area (Å²) in [5.41, 5.74) is 0. The molecule has 0 spiro atoms. The van der Waals surface area contributed by atoms with Crippen LogP contribution in [0.5, 0.6) is 0 Å². The maximum absolute atomic E-state index is 11.2. The van der Waals surface area contributed by atoms with Crippen molar-refractivity contribution in [2.45, 2.75) is 123 Å². The van der Waals surface area contributed by atoms with E-state index < -0.39 is 18.0 Å². The third-order valence-corrected chi connectivity index (χ3v) is 4.66. The van der Waals surface area contributed by atoms with Gasteiger partial charge < -0.3 is 9.84 Å². The molecule has 0 aromatic carbocycles. The monoisotopic (exact) mass is 356 g/mol. The SMILES string of the molecule is CCCCCCCCCCCCCCCCC(OC(=O)CC)C(=O)O. The van der Waals surface area contributed by atoms with E-state index in [1.54, 1.807) is 6.92 Å². The second-order valence-corrected chi connectivity index (χ2v) is 7.06. The van der Waals surface area contributed by atoms with Crippen molar-refractivity contribution in [1.82, 2.24) is 0 Å². The average molecular weight is 357 g/mol. The Morgan fingerprint density at radius 2 is 1.12 bits per heavy atom. The summed E-state index contributed by atoms with van der Waals surface area (Å²) in [6.45, 7) is 3.93. The van der Waals surface area contributed by atoms with Crippen molar-refractivity contribution in [2.75, 3.05) is 0 Å². The summed E-state index contributed by atoms with van der Waals surface area (Å²) in [5.74, 6) is -1.46. The minimum atomic E-state index is -1.03. The van der Waals surface area contributed by atoms with Gasteiger partial charge in [-0.1, -0.05) is 97.3 Å². The van der Waals surface area contributed by atoms with Crippen LogP contribution in [0.4, 0.5) is 0 Å². The highest BCUT2D eigenvalue weighted by Gasteiger charge is 2.20. The van der Waals surface area contributed by atoms with Gasteiger partial charge in [0.1, 0.15) is 0 Å². The quantitative estimate of drug-likeness (QED) is 0.232. The van der Waals surface area contributed by atoms with E-state index in [1.807, 2.05) is 0 Å². The fourth-order valence-electron chi connectivity index (χ4n) is 3.00. The molecule has 0 fully saturated rings. The summed E-state index contributed by atoms with van der Waals surface area (Å²) >= 11 is 0. The summed E-state index contributed by atoms with van der Waals surface area (Å²) in [4.78, 5) is 22.2. The van der Waals surface area contributed by atoms with Gasteiger partial charge in [-0.3, -0.25) is 4.79 Å². The van der Waals surface area contributed by atoms with Gasteiger partial charge in [-0.25, -0.2) is 4.79 Å². The smallest absolute Gasteiger partial charge is 0.345 e. The summed E-state index contributed by atoms with van der Waals surface area (Å²) in [6.07, 6.45) is 17.5. The molecule has 0 aliphatic rings. The van der Waals surface area contributed by atoms with Gasteiger partial charge in [0, 0.05) is 6.42 Å². The third kappa shape index (κ3) is 16.2. The van der Waals surface area contributed by atoms with Crippen LogP contribution in [0.25, 0.3) is 0 Å². The number of aliphatic carboxylic acids is 1. The van der Waals surface area contributed by atoms with E-state index in [0.717, 1.165) is 19.3 Å². The minimum absolute atomic E-state index is 0.225. The second kappa shape index (κ2) is 17.8. The van der Waals surface area contributed by atoms with Crippen molar-refractivity contribution in [3.8, 4) is 0 Å². The lowest BCUT2D eigenvalue weighted by Gasteiger charge is -2.12. The number of rotatable bonds is 18. The molecule has 0 saturated carbocycles. The molecule has 0 heterocycles. The molecule has 0 aliphatic carbocycles. The molecular formula is C21H40O4. The first-order chi connectivity index (χ1) is 12.1. The maximum Gasteiger partial charge on any atom is 0.345 e. The molecule has 0 aromatic heterocycles. The van der Waals surface area contributed by atoms with Gasteiger partial charge in [-0.15, -0.1) is 0 Å². The van der Waals surface area contributed by atoms with Crippen molar-refractivity contribution in [2.24, 2.45) is 0 Å². The zero-order chi connectivity index (χ0) is 18.8. The molecular weight excluding hydrogens is 316 g/mol. The molecule has 1 atom stereocenters. The molecule has 1 N–H and O–H groups in total. The second-order valence-electron chi connectivity index (χ2n) is 7.06. The Labute approximate surface area is 154 Å². The molecule has 1 unspecified atom stereocenters. The van der Waals surface area contributed by atoms with Crippen LogP contribution in [0, 0.1) is 0 Å². The maximum atomic E-state index is 11.2. The van der Waals surface area contributed by atoms with Crippen LogP contribution in [0.1, 0.15) is 117 Å². The van der Waals surface area contributed by atoms with Crippen LogP contribution in [-0.4, -0.2) is 23.1 Å². The Balaban J connectivity index is 3.37. The lowest BCUT2D eigenvalue weighted by molar-refractivity contribution is -0.164. The Morgan fingerprint density at radius 1 is 0.720 bits per heavy atom. The van der Waals surface area contributed by atoms with Gasteiger partial charge in [0.15, 0.2) is 6.10 Å². The highest BCUT2D eigenvalue weighted by molar-refractivity contribution is 5.77. The lowest BCUT2D eigenvalue weighted by atomic mass is 10.0. The predicted octanol–water partition coefficient (Wildman–Crippen LogP) is 6.26. The van der Waals surface area contributed by atoms with Gasteiger partial charge in [0.2, 0.25) is 0 Å². The van der Waals surface area contributed by atoms with E-state index in [-0.39, 0.29) is 6.42 Å². The normalized spacial score (nSPS) is 12.1. The topological polar surface area (TPSA) is 63.6 Å². The molecule has 25 heavy (non-hydrogen) atoms. The number of hydrogen-bond acceptors (Lipinski definition) is 3. The summed E-state index contributed by atoms with van der Waals surface area (Å²) < 4.78 is 4.94. The molecule has 0 amide bonds. The zero-order valence-electron chi connectivity index (χ0n) is 16.6. The molecule has 4 nitrogen and oxygen atoms in total.